The molecule has 0 radical (unpaired) electrons. The van der Waals surface area contributed by atoms with Crippen molar-refractivity contribution in [3.8, 4) is 0 Å². The Kier molecular flexibility index (Phi) is 22.0. The second-order valence-corrected chi connectivity index (χ2v) is 10.1. The predicted octanol–water partition coefficient (Wildman–Crippen LogP) is 5.49. The van der Waals surface area contributed by atoms with Crippen LogP contribution in [0.4, 0.5) is 0 Å². The molecular weight excluding hydrogens is 402 g/mol. The second-order valence-electron chi connectivity index (χ2n) is 8.43. The molecule has 0 aliphatic heterocycles. The summed E-state index contributed by atoms with van der Waals surface area (Å²) in [7, 11) is -4.35. The Balaban J connectivity index is 0. The molecule has 30 heavy (non-hydrogen) atoms. The maximum atomic E-state index is 11.7. The summed E-state index contributed by atoms with van der Waals surface area (Å²) in [6.45, 7) is 1.65. The van der Waals surface area contributed by atoms with Gasteiger partial charge >= 0.3 is 10.3 Å². The highest BCUT2D eigenvalue weighted by Gasteiger charge is 2.39. The lowest BCUT2D eigenvalue weighted by Gasteiger charge is -2.32. The average molecular weight is 455 g/mol. The van der Waals surface area contributed by atoms with Gasteiger partial charge in [-0.25, -0.2) is 4.55 Å². The van der Waals surface area contributed by atoms with Crippen LogP contribution < -0.4 is 0 Å². The molecule has 0 aromatic rings. The van der Waals surface area contributed by atoms with Crippen molar-refractivity contribution in [1.29, 1.82) is 0 Å². The monoisotopic (exact) mass is 454 g/mol. The maximum Gasteiger partial charge on any atom is 0.433 e. The summed E-state index contributed by atoms with van der Waals surface area (Å²) < 4.78 is 32.4. The first-order valence-corrected chi connectivity index (χ1v) is 13.4. The molecule has 0 saturated carbocycles. The zero-order valence-corrected chi connectivity index (χ0v) is 19.7. The van der Waals surface area contributed by atoms with Crippen molar-refractivity contribution in [2.75, 3.05) is 32.8 Å². The van der Waals surface area contributed by atoms with Crippen LogP contribution in [0.25, 0.3) is 0 Å². The molecule has 0 bridgehead atoms. The second kappa shape index (κ2) is 20.7. The zero-order chi connectivity index (χ0) is 21.8. The molecule has 0 aliphatic rings. The van der Waals surface area contributed by atoms with Gasteiger partial charge in [0.15, 0.2) is 0 Å². The van der Waals surface area contributed by atoms with Gasteiger partial charge in [-0.15, -0.1) is 8.42 Å². The highest BCUT2D eigenvalue weighted by atomic mass is 32.2. The van der Waals surface area contributed by atoms with E-state index in [-0.39, 0.29) is 40.3 Å². The number of hydrogen-bond donors (Lipinski definition) is 3. The molecule has 0 unspecified atom stereocenters. The standard InChI is InChI=1S/C22H47NO5S.CH4/c1-2-3-4-5-6-7-8-9-10-11-12-13-14-15-16-17-18-23(19-21-24,20-22-25)29(26,27)28;/h24-25H,2-22H2,1H3;1H4/p+1. The Labute approximate surface area is 187 Å². The quantitative estimate of drug-likeness (QED) is 0.114. The number of aliphatic hydroxyl groups excluding tert-OH is 2. The lowest BCUT2D eigenvalue weighted by Crippen LogP contribution is -2.56. The summed E-state index contributed by atoms with van der Waals surface area (Å²) in [5, 5.41) is 18.3. The number of nitrogens with zero attached hydrogens (tertiary/aromatic N) is 1. The predicted molar refractivity (Wildman–Crippen MR) is 127 cm³/mol. The van der Waals surface area contributed by atoms with Crippen LogP contribution in [-0.2, 0) is 10.3 Å². The van der Waals surface area contributed by atoms with E-state index >= 15 is 0 Å². The van der Waals surface area contributed by atoms with Crippen molar-refractivity contribution in [3.63, 3.8) is 0 Å². The normalized spacial score (nSPS) is 12.1. The fourth-order valence-electron chi connectivity index (χ4n) is 3.99. The molecule has 184 valence electrons. The Hall–Kier alpha value is -0.210. The van der Waals surface area contributed by atoms with Gasteiger partial charge in [-0.2, -0.15) is 3.89 Å². The Morgan fingerprint density at radius 2 is 0.867 bits per heavy atom. The third-order valence-electron chi connectivity index (χ3n) is 5.92. The fraction of sp³-hybridized carbons (Fsp3) is 1.00. The third kappa shape index (κ3) is 15.6. The van der Waals surface area contributed by atoms with E-state index in [2.05, 4.69) is 6.92 Å². The van der Waals surface area contributed by atoms with Gasteiger partial charge in [0, 0.05) is 0 Å². The van der Waals surface area contributed by atoms with E-state index in [1.54, 1.807) is 0 Å². The molecule has 6 nitrogen and oxygen atoms in total. The Morgan fingerprint density at radius 1 is 0.567 bits per heavy atom. The number of unbranched alkanes of at least 4 members (excludes halogenated alkanes) is 15. The summed E-state index contributed by atoms with van der Waals surface area (Å²) in [6, 6.07) is 0. The van der Waals surface area contributed by atoms with Crippen molar-refractivity contribution in [3.05, 3.63) is 0 Å². The molecule has 0 fully saturated rings. The average Bonchev–Trinajstić information content (AvgIpc) is 2.67. The molecule has 3 N–H and O–H groups in total. The van der Waals surface area contributed by atoms with Crippen LogP contribution in [0.15, 0.2) is 0 Å². The van der Waals surface area contributed by atoms with Crippen LogP contribution in [0.1, 0.15) is 117 Å². The first-order chi connectivity index (χ1) is 13.9. The van der Waals surface area contributed by atoms with E-state index in [1.807, 2.05) is 0 Å². The SMILES string of the molecule is C.CCCCCCCCCCCCCCCCCC[N+](CCO)(CCO)S(=O)(=O)O. The van der Waals surface area contributed by atoms with Gasteiger partial charge < -0.3 is 10.2 Å². The molecule has 0 aromatic heterocycles. The zero-order valence-electron chi connectivity index (χ0n) is 18.9. The van der Waals surface area contributed by atoms with Crippen LogP contribution >= 0.6 is 0 Å². The Bertz CT molecular complexity index is 451. The van der Waals surface area contributed by atoms with Gasteiger partial charge in [0.1, 0.15) is 13.1 Å². The molecule has 0 rings (SSSR count). The van der Waals surface area contributed by atoms with Crippen molar-refractivity contribution in [2.24, 2.45) is 0 Å². The Morgan fingerprint density at radius 3 is 1.13 bits per heavy atom. The number of aliphatic hydroxyl groups is 2. The largest absolute Gasteiger partial charge is 0.433 e. The highest BCUT2D eigenvalue weighted by molar-refractivity contribution is 7.80. The lowest BCUT2D eigenvalue weighted by atomic mass is 10.0. The number of hydrogen-bond acceptors (Lipinski definition) is 4. The van der Waals surface area contributed by atoms with Crippen LogP contribution in [0.2, 0.25) is 0 Å². The van der Waals surface area contributed by atoms with E-state index < -0.39 is 14.2 Å². The van der Waals surface area contributed by atoms with Gasteiger partial charge in [-0.3, -0.25) is 0 Å². The van der Waals surface area contributed by atoms with Crippen molar-refractivity contribution in [1.82, 2.24) is 0 Å². The third-order valence-corrected chi connectivity index (χ3v) is 7.45. The van der Waals surface area contributed by atoms with Gasteiger partial charge in [0.2, 0.25) is 0 Å². The molecule has 0 aromatic carbocycles. The summed E-state index contributed by atoms with van der Waals surface area (Å²) in [4.78, 5) is 0. The van der Waals surface area contributed by atoms with Crippen LogP contribution in [0, 0.1) is 0 Å². The van der Waals surface area contributed by atoms with Crippen molar-refractivity contribution in [2.45, 2.75) is 117 Å². The van der Waals surface area contributed by atoms with Gasteiger partial charge in [0.05, 0.1) is 19.8 Å². The molecule has 0 aliphatic carbocycles. The van der Waals surface area contributed by atoms with Gasteiger partial charge in [-0.05, 0) is 12.8 Å². The van der Waals surface area contributed by atoms with E-state index in [0.29, 0.717) is 6.42 Å². The molecule has 0 amide bonds. The topological polar surface area (TPSA) is 94.8 Å². The van der Waals surface area contributed by atoms with Gasteiger partial charge in [-0.1, -0.05) is 104 Å². The molecule has 0 saturated heterocycles. The van der Waals surface area contributed by atoms with Crippen molar-refractivity contribution >= 4 is 10.3 Å². The van der Waals surface area contributed by atoms with E-state index in [4.69, 9.17) is 10.2 Å². The summed E-state index contributed by atoms with van der Waals surface area (Å²) in [5.41, 5.74) is 0. The smallest absolute Gasteiger partial charge is 0.390 e. The lowest BCUT2D eigenvalue weighted by molar-refractivity contribution is -0.812. The minimum absolute atomic E-state index is 0. The first-order valence-electron chi connectivity index (χ1n) is 12.0. The summed E-state index contributed by atoms with van der Waals surface area (Å²) in [5.74, 6) is 0. The van der Waals surface area contributed by atoms with Crippen LogP contribution in [-0.4, -0.2) is 59.9 Å². The number of quaternary nitrogens is 1. The molecule has 0 spiro atoms. The fourth-order valence-corrected chi connectivity index (χ4v) is 4.98. The van der Waals surface area contributed by atoms with E-state index in [0.717, 1.165) is 19.3 Å². The molecule has 0 atom stereocenters. The summed E-state index contributed by atoms with van der Waals surface area (Å²) in [6.07, 6.45) is 20.0. The van der Waals surface area contributed by atoms with E-state index in [9.17, 15) is 13.0 Å². The minimum atomic E-state index is -4.35. The van der Waals surface area contributed by atoms with E-state index in [1.165, 1.54) is 77.0 Å². The maximum absolute atomic E-state index is 11.7. The molecular formula is C23H52NO5S+. The van der Waals surface area contributed by atoms with Gasteiger partial charge in [0.25, 0.3) is 0 Å². The van der Waals surface area contributed by atoms with Crippen molar-refractivity contribution < 1.29 is 27.1 Å². The van der Waals surface area contributed by atoms with Crippen LogP contribution in [0.3, 0.4) is 0 Å². The molecule has 7 heteroatoms. The first kappa shape index (κ1) is 32.0. The number of rotatable bonds is 22. The minimum Gasteiger partial charge on any atom is -0.390 e. The molecule has 0 heterocycles. The highest BCUT2D eigenvalue weighted by Crippen LogP contribution is 2.18. The summed E-state index contributed by atoms with van der Waals surface area (Å²) >= 11 is 0. The van der Waals surface area contributed by atoms with Crippen LogP contribution in [0.5, 0.6) is 0 Å².